The zero-order valence-corrected chi connectivity index (χ0v) is 19.3. The molecule has 0 spiro atoms. The summed E-state index contributed by atoms with van der Waals surface area (Å²) in [5.74, 6) is -0.693. The van der Waals surface area contributed by atoms with E-state index in [4.69, 9.17) is 4.74 Å². The van der Waals surface area contributed by atoms with Crippen LogP contribution in [0.3, 0.4) is 0 Å². The summed E-state index contributed by atoms with van der Waals surface area (Å²) in [7, 11) is 1.70. The third kappa shape index (κ3) is 3.70. The molecular weight excluding hydrogens is 452 g/mol. The Morgan fingerprint density at radius 2 is 1.97 bits per heavy atom. The van der Waals surface area contributed by atoms with Gasteiger partial charge in [0.05, 0.1) is 24.0 Å². The van der Waals surface area contributed by atoms with Gasteiger partial charge in [-0.25, -0.2) is 4.68 Å². The van der Waals surface area contributed by atoms with Gasteiger partial charge in [-0.1, -0.05) is 11.3 Å². The lowest BCUT2D eigenvalue weighted by Crippen LogP contribution is -2.52. The van der Waals surface area contributed by atoms with Crippen molar-refractivity contribution >= 4 is 23.6 Å². The van der Waals surface area contributed by atoms with E-state index in [1.165, 1.54) is 9.58 Å². The molecule has 11 heteroatoms. The van der Waals surface area contributed by atoms with Crippen LogP contribution in [0.4, 0.5) is 0 Å². The SMILES string of the molecule is CO[C@@H]1CCN(C(=O)c2cn(-c3ccc4c(c3)C(=O)N(C3CCC(=O)NC3=O)C4)nn2)[C@@H]1C1CC1. The molecule has 3 fully saturated rings. The highest BCUT2D eigenvalue weighted by Crippen LogP contribution is 2.41. The molecule has 0 bridgehead atoms. The molecule has 35 heavy (non-hydrogen) atoms. The summed E-state index contributed by atoms with van der Waals surface area (Å²) in [4.78, 5) is 53.4. The fraction of sp³-hybridized carbons (Fsp3) is 0.500. The summed E-state index contributed by atoms with van der Waals surface area (Å²) in [6, 6.07) is 4.75. The first-order valence-corrected chi connectivity index (χ1v) is 12.0. The molecule has 1 aromatic heterocycles. The number of imide groups is 1. The van der Waals surface area contributed by atoms with Crippen LogP contribution in [-0.4, -0.2) is 80.3 Å². The maximum atomic E-state index is 13.2. The van der Waals surface area contributed by atoms with E-state index >= 15 is 0 Å². The lowest BCUT2D eigenvalue weighted by molar-refractivity contribution is -0.136. The number of rotatable bonds is 5. The van der Waals surface area contributed by atoms with Gasteiger partial charge in [-0.3, -0.25) is 24.5 Å². The summed E-state index contributed by atoms with van der Waals surface area (Å²) in [6.45, 7) is 0.939. The quantitative estimate of drug-likeness (QED) is 0.626. The van der Waals surface area contributed by atoms with E-state index in [0.29, 0.717) is 36.7 Å². The molecule has 11 nitrogen and oxygen atoms in total. The molecule has 4 aliphatic rings. The second-order valence-corrected chi connectivity index (χ2v) is 9.68. The lowest BCUT2D eigenvalue weighted by atomic mass is 10.0. The van der Waals surface area contributed by atoms with Crippen LogP contribution in [-0.2, 0) is 20.9 Å². The van der Waals surface area contributed by atoms with Gasteiger partial charge in [0.1, 0.15) is 6.04 Å². The van der Waals surface area contributed by atoms with Crippen LogP contribution in [0.1, 0.15) is 58.5 Å². The van der Waals surface area contributed by atoms with E-state index in [9.17, 15) is 19.2 Å². The summed E-state index contributed by atoms with van der Waals surface area (Å²) in [5, 5.41) is 10.6. The third-order valence-electron chi connectivity index (χ3n) is 7.55. The van der Waals surface area contributed by atoms with E-state index < -0.39 is 11.9 Å². The van der Waals surface area contributed by atoms with Crippen molar-refractivity contribution < 1.29 is 23.9 Å². The minimum atomic E-state index is -0.664. The van der Waals surface area contributed by atoms with Gasteiger partial charge in [-0.05, 0) is 49.3 Å². The van der Waals surface area contributed by atoms with Gasteiger partial charge in [-0.2, -0.15) is 0 Å². The standard InChI is InChI=1S/C24H26N6O5/c1-35-19-8-9-28(21(19)13-2-3-13)24(34)17-12-30(27-26-17)15-5-4-14-11-29(23(33)16(14)10-15)18-6-7-20(31)25-22(18)32/h4-5,10,12-13,18-19,21H,2-3,6-9,11H2,1H3,(H,25,31,32)/t18?,19-,21-/m1/s1. The highest BCUT2D eigenvalue weighted by Gasteiger charge is 2.47. The molecule has 2 aromatic rings. The number of amides is 4. The number of hydrogen-bond acceptors (Lipinski definition) is 7. The van der Waals surface area contributed by atoms with Gasteiger partial charge < -0.3 is 14.5 Å². The monoisotopic (exact) mass is 478 g/mol. The van der Waals surface area contributed by atoms with Crippen molar-refractivity contribution in [3.63, 3.8) is 0 Å². The van der Waals surface area contributed by atoms with E-state index in [0.717, 1.165) is 24.8 Å². The number of fused-ring (bicyclic) bond motifs is 1. The molecular formula is C24H26N6O5. The summed E-state index contributed by atoms with van der Waals surface area (Å²) in [6.07, 6.45) is 5.20. The Hall–Kier alpha value is -3.60. The van der Waals surface area contributed by atoms with Gasteiger partial charge in [0.15, 0.2) is 5.69 Å². The minimum absolute atomic E-state index is 0.0523. The van der Waals surface area contributed by atoms with Crippen molar-refractivity contribution in [3.8, 4) is 5.69 Å². The number of methoxy groups -OCH3 is 1. The maximum absolute atomic E-state index is 13.2. The summed E-state index contributed by atoms with van der Waals surface area (Å²) >= 11 is 0. The molecule has 1 saturated carbocycles. The highest BCUT2D eigenvalue weighted by molar-refractivity contribution is 6.05. The Morgan fingerprint density at radius 3 is 2.71 bits per heavy atom. The van der Waals surface area contributed by atoms with Crippen LogP contribution < -0.4 is 5.32 Å². The predicted molar refractivity (Wildman–Crippen MR) is 120 cm³/mol. The first kappa shape index (κ1) is 21.9. The van der Waals surface area contributed by atoms with Crippen molar-refractivity contribution in [2.24, 2.45) is 5.92 Å². The number of aromatic nitrogens is 3. The van der Waals surface area contributed by atoms with E-state index in [1.54, 1.807) is 19.4 Å². The number of carbonyl (C=O) groups is 4. The summed E-state index contributed by atoms with van der Waals surface area (Å²) < 4.78 is 7.11. The fourth-order valence-corrected chi connectivity index (χ4v) is 5.60. The smallest absolute Gasteiger partial charge is 0.276 e. The topological polar surface area (TPSA) is 127 Å². The van der Waals surface area contributed by atoms with E-state index in [-0.39, 0.29) is 42.0 Å². The van der Waals surface area contributed by atoms with Crippen LogP contribution in [0, 0.1) is 5.92 Å². The normalized spacial score (nSPS) is 26.3. The Kier molecular flexibility index (Phi) is 5.17. The van der Waals surface area contributed by atoms with Gasteiger partial charge >= 0.3 is 0 Å². The van der Waals surface area contributed by atoms with Crippen LogP contribution in [0.15, 0.2) is 24.4 Å². The molecule has 1 N–H and O–H groups in total. The molecule has 3 atom stereocenters. The Morgan fingerprint density at radius 1 is 1.14 bits per heavy atom. The second-order valence-electron chi connectivity index (χ2n) is 9.68. The Bertz CT molecular complexity index is 1240. The lowest BCUT2D eigenvalue weighted by Gasteiger charge is -2.29. The van der Waals surface area contributed by atoms with Crippen LogP contribution in [0.2, 0.25) is 0 Å². The maximum Gasteiger partial charge on any atom is 0.276 e. The molecule has 182 valence electrons. The predicted octanol–water partition coefficient (Wildman–Crippen LogP) is 0.668. The van der Waals surface area contributed by atoms with Crippen molar-refractivity contribution in [1.82, 2.24) is 30.1 Å². The number of likely N-dealkylation sites (tertiary alicyclic amines) is 1. The number of nitrogens with one attached hydrogen (secondary N) is 1. The molecule has 1 aromatic carbocycles. The first-order chi connectivity index (χ1) is 16.9. The van der Waals surface area contributed by atoms with E-state index in [2.05, 4.69) is 15.6 Å². The number of carbonyl (C=O) groups excluding carboxylic acids is 4. The van der Waals surface area contributed by atoms with Gasteiger partial charge in [0, 0.05) is 32.2 Å². The molecule has 1 unspecified atom stereocenters. The van der Waals surface area contributed by atoms with Gasteiger partial charge in [-0.15, -0.1) is 5.10 Å². The molecule has 4 amide bonds. The molecule has 1 aliphatic carbocycles. The minimum Gasteiger partial charge on any atom is -0.379 e. The number of benzene rings is 1. The van der Waals surface area contributed by atoms with Gasteiger partial charge in [0.25, 0.3) is 11.8 Å². The summed E-state index contributed by atoms with van der Waals surface area (Å²) in [5.41, 5.74) is 2.13. The Balaban J connectivity index is 1.21. The number of piperidine rings is 1. The first-order valence-electron chi connectivity index (χ1n) is 12.0. The molecule has 6 rings (SSSR count). The largest absolute Gasteiger partial charge is 0.379 e. The van der Waals surface area contributed by atoms with Gasteiger partial charge in [0.2, 0.25) is 11.8 Å². The average Bonchev–Trinajstić information content (AvgIpc) is 3.27. The van der Waals surface area contributed by atoms with Crippen molar-refractivity contribution in [2.45, 2.75) is 56.8 Å². The van der Waals surface area contributed by atoms with Crippen LogP contribution in [0.25, 0.3) is 5.69 Å². The Labute approximate surface area is 201 Å². The molecule has 3 aliphatic heterocycles. The van der Waals surface area contributed by atoms with Crippen molar-refractivity contribution in [3.05, 3.63) is 41.2 Å². The molecule has 2 saturated heterocycles. The fourth-order valence-electron chi connectivity index (χ4n) is 5.60. The van der Waals surface area contributed by atoms with E-state index in [1.807, 2.05) is 17.0 Å². The number of nitrogens with zero attached hydrogens (tertiary/aromatic N) is 5. The number of ether oxygens (including phenoxy) is 1. The third-order valence-corrected chi connectivity index (χ3v) is 7.55. The van der Waals surface area contributed by atoms with Crippen LogP contribution in [0.5, 0.6) is 0 Å². The van der Waals surface area contributed by atoms with Crippen molar-refractivity contribution in [2.75, 3.05) is 13.7 Å². The zero-order chi connectivity index (χ0) is 24.3. The number of hydrogen-bond donors (Lipinski definition) is 1. The molecule has 4 heterocycles. The average molecular weight is 479 g/mol. The highest BCUT2D eigenvalue weighted by atomic mass is 16.5. The zero-order valence-electron chi connectivity index (χ0n) is 19.3. The van der Waals surface area contributed by atoms with Crippen LogP contribution >= 0.6 is 0 Å². The second kappa shape index (κ2) is 8.26. The molecule has 0 radical (unpaired) electrons. The van der Waals surface area contributed by atoms with Crippen molar-refractivity contribution in [1.29, 1.82) is 0 Å².